The van der Waals surface area contributed by atoms with Gasteiger partial charge in [0, 0.05) is 18.4 Å². The van der Waals surface area contributed by atoms with Gasteiger partial charge >= 0.3 is 0 Å². The number of hydrogen-bond acceptors (Lipinski definition) is 6. The van der Waals surface area contributed by atoms with Crippen molar-refractivity contribution in [3.63, 3.8) is 0 Å². The summed E-state index contributed by atoms with van der Waals surface area (Å²) in [6.07, 6.45) is 1.41. The largest absolute Gasteiger partial charge is 0.493 e. The topological polar surface area (TPSA) is 104 Å². The van der Waals surface area contributed by atoms with E-state index >= 15 is 0 Å². The maximum absolute atomic E-state index is 11.4. The van der Waals surface area contributed by atoms with E-state index in [4.69, 9.17) is 4.74 Å². The molecule has 0 N–H and O–H groups in total. The van der Waals surface area contributed by atoms with Crippen LogP contribution in [-0.2, 0) is 9.84 Å². The van der Waals surface area contributed by atoms with E-state index in [9.17, 15) is 23.3 Å². The summed E-state index contributed by atoms with van der Waals surface area (Å²) in [7, 11) is -3.06. The monoisotopic (exact) mass is 301 g/mol. The van der Waals surface area contributed by atoms with Crippen LogP contribution in [0.1, 0.15) is 23.7 Å². The first-order valence-corrected chi connectivity index (χ1v) is 7.86. The predicted molar refractivity (Wildman–Crippen MR) is 72.9 cm³/mol. The molecular weight excluding hydrogens is 286 g/mol. The van der Waals surface area contributed by atoms with Crippen LogP contribution in [-0.4, -0.2) is 37.7 Å². The Labute approximate surface area is 116 Å². The van der Waals surface area contributed by atoms with Crippen molar-refractivity contribution in [3.05, 3.63) is 33.9 Å². The number of nitro groups is 1. The molecular formula is C12H15NO6S. The molecule has 0 fully saturated rings. The van der Waals surface area contributed by atoms with Crippen LogP contribution in [0.4, 0.5) is 5.69 Å². The van der Waals surface area contributed by atoms with Crippen molar-refractivity contribution in [1.82, 2.24) is 0 Å². The number of carbonyl (C=O) groups is 1. The Bertz CT molecular complexity index is 623. The van der Waals surface area contributed by atoms with Gasteiger partial charge in [0.05, 0.1) is 22.8 Å². The number of nitro benzene ring substituents is 1. The normalized spacial score (nSPS) is 11.1. The molecule has 1 aromatic rings. The molecule has 0 bridgehead atoms. The van der Waals surface area contributed by atoms with Crippen molar-refractivity contribution in [3.8, 4) is 5.75 Å². The zero-order chi connectivity index (χ0) is 15.3. The first kappa shape index (κ1) is 16.1. The molecule has 8 heteroatoms. The fraction of sp³-hybridized carbons (Fsp3) is 0.417. The van der Waals surface area contributed by atoms with Crippen LogP contribution in [0.3, 0.4) is 0 Å². The van der Waals surface area contributed by atoms with Crippen LogP contribution in [0.2, 0.25) is 0 Å². The highest BCUT2D eigenvalue weighted by Gasteiger charge is 2.15. The number of hydrogen-bond donors (Lipinski definition) is 0. The first-order chi connectivity index (χ1) is 9.20. The third kappa shape index (κ3) is 4.96. The molecule has 7 nitrogen and oxygen atoms in total. The van der Waals surface area contributed by atoms with Gasteiger partial charge in [-0.05, 0) is 19.4 Å². The molecule has 1 rings (SSSR count). The highest BCUT2D eigenvalue weighted by molar-refractivity contribution is 7.90. The standard InChI is InChI=1S/C12H15NO6S/c1-9(14)11-8-10(13(15)16)4-5-12(11)19-6-3-7-20(2,17)18/h4-5,8H,3,6-7H2,1-2H3. The Kier molecular flexibility index (Phi) is 5.20. The van der Waals surface area contributed by atoms with Gasteiger partial charge < -0.3 is 4.74 Å². The van der Waals surface area contributed by atoms with Gasteiger partial charge in [0.2, 0.25) is 0 Å². The Hall–Kier alpha value is -1.96. The number of sulfone groups is 1. The van der Waals surface area contributed by atoms with Crippen LogP contribution in [0.5, 0.6) is 5.75 Å². The molecule has 20 heavy (non-hydrogen) atoms. The molecule has 0 aliphatic heterocycles. The smallest absolute Gasteiger partial charge is 0.270 e. The van der Waals surface area contributed by atoms with Crippen LogP contribution in [0.25, 0.3) is 0 Å². The van der Waals surface area contributed by atoms with Crippen molar-refractivity contribution in [2.75, 3.05) is 18.6 Å². The number of ether oxygens (including phenoxy) is 1. The molecule has 0 atom stereocenters. The van der Waals surface area contributed by atoms with Gasteiger partial charge in [-0.1, -0.05) is 0 Å². The zero-order valence-corrected chi connectivity index (χ0v) is 12.0. The lowest BCUT2D eigenvalue weighted by molar-refractivity contribution is -0.384. The molecule has 0 radical (unpaired) electrons. The Morgan fingerprint density at radius 1 is 1.40 bits per heavy atom. The van der Waals surface area contributed by atoms with Crippen molar-refractivity contribution in [1.29, 1.82) is 0 Å². The number of benzene rings is 1. The van der Waals surface area contributed by atoms with E-state index in [1.165, 1.54) is 19.1 Å². The third-order valence-corrected chi connectivity index (χ3v) is 3.50. The van der Waals surface area contributed by atoms with Gasteiger partial charge in [-0.25, -0.2) is 8.42 Å². The average molecular weight is 301 g/mol. The fourth-order valence-electron chi connectivity index (χ4n) is 1.54. The van der Waals surface area contributed by atoms with Crippen molar-refractivity contribution in [2.24, 2.45) is 0 Å². The Morgan fingerprint density at radius 2 is 2.05 bits per heavy atom. The molecule has 0 saturated heterocycles. The molecule has 0 aliphatic rings. The van der Waals surface area contributed by atoms with Gasteiger partial charge in [0.1, 0.15) is 15.6 Å². The number of carbonyl (C=O) groups excluding carboxylic acids is 1. The quantitative estimate of drug-likeness (QED) is 0.328. The highest BCUT2D eigenvalue weighted by atomic mass is 32.2. The van der Waals surface area contributed by atoms with Gasteiger partial charge in [0.15, 0.2) is 5.78 Å². The van der Waals surface area contributed by atoms with Crippen LogP contribution in [0, 0.1) is 10.1 Å². The number of non-ortho nitro benzene ring substituents is 1. The molecule has 0 saturated carbocycles. The summed E-state index contributed by atoms with van der Waals surface area (Å²) in [5.41, 5.74) is -0.0859. The van der Waals surface area contributed by atoms with Gasteiger partial charge in [-0.2, -0.15) is 0 Å². The van der Waals surface area contributed by atoms with E-state index < -0.39 is 14.8 Å². The summed E-state index contributed by atoms with van der Waals surface area (Å²) in [4.78, 5) is 21.5. The van der Waals surface area contributed by atoms with E-state index in [-0.39, 0.29) is 41.6 Å². The molecule has 0 spiro atoms. The Morgan fingerprint density at radius 3 is 2.55 bits per heavy atom. The maximum Gasteiger partial charge on any atom is 0.270 e. The van der Waals surface area contributed by atoms with E-state index in [1.54, 1.807) is 0 Å². The molecule has 0 aromatic heterocycles. The Balaban J connectivity index is 2.79. The van der Waals surface area contributed by atoms with E-state index in [1.807, 2.05) is 0 Å². The van der Waals surface area contributed by atoms with Crippen LogP contribution in [0.15, 0.2) is 18.2 Å². The third-order valence-electron chi connectivity index (χ3n) is 2.47. The van der Waals surface area contributed by atoms with Crippen molar-refractivity contribution >= 4 is 21.3 Å². The van der Waals surface area contributed by atoms with E-state index in [0.29, 0.717) is 0 Å². The van der Waals surface area contributed by atoms with Crippen molar-refractivity contribution < 1.29 is 22.9 Å². The summed E-state index contributed by atoms with van der Waals surface area (Å²) >= 11 is 0. The summed E-state index contributed by atoms with van der Waals surface area (Å²) < 4.78 is 27.2. The minimum Gasteiger partial charge on any atom is -0.493 e. The van der Waals surface area contributed by atoms with Gasteiger partial charge in [-0.3, -0.25) is 14.9 Å². The van der Waals surface area contributed by atoms with Gasteiger partial charge in [-0.15, -0.1) is 0 Å². The molecule has 110 valence electrons. The fourth-order valence-corrected chi connectivity index (χ4v) is 2.18. The summed E-state index contributed by atoms with van der Waals surface area (Å²) in [6, 6.07) is 3.72. The second-order valence-electron chi connectivity index (χ2n) is 4.33. The lowest BCUT2D eigenvalue weighted by Crippen LogP contribution is -2.09. The lowest BCUT2D eigenvalue weighted by atomic mass is 10.1. The summed E-state index contributed by atoms with van der Waals surface area (Å²) in [6.45, 7) is 1.40. The van der Waals surface area contributed by atoms with Crippen LogP contribution < -0.4 is 4.74 Å². The predicted octanol–water partition coefficient (Wildman–Crippen LogP) is 1.61. The second-order valence-corrected chi connectivity index (χ2v) is 6.59. The average Bonchev–Trinajstić information content (AvgIpc) is 2.33. The SMILES string of the molecule is CC(=O)c1cc([N+](=O)[O-])ccc1OCCCS(C)(=O)=O. The van der Waals surface area contributed by atoms with Crippen LogP contribution >= 0.6 is 0 Å². The summed E-state index contributed by atoms with van der Waals surface area (Å²) in [5.74, 6) is -0.154. The van der Waals surface area contributed by atoms with E-state index in [2.05, 4.69) is 0 Å². The lowest BCUT2D eigenvalue weighted by Gasteiger charge is -2.09. The van der Waals surface area contributed by atoms with Gasteiger partial charge in [0.25, 0.3) is 5.69 Å². The first-order valence-electron chi connectivity index (χ1n) is 5.80. The van der Waals surface area contributed by atoms with Crippen molar-refractivity contribution in [2.45, 2.75) is 13.3 Å². The minimum atomic E-state index is -3.06. The summed E-state index contributed by atoms with van der Waals surface area (Å²) in [5, 5.41) is 10.6. The number of ketones is 1. The number of Topliss-reactive ketones (excluding diaryl/α,β-unsaturated/α-hetero) is 1. The number of rotatable bonds is 7. The maximum atomic E-state index is 11.4. The van der Waals surface area contributed by atoms with E-state index in [0.717, 1.165) is 12.3 Å². The minimum absolute atomic E-state index is 0.0185. The number of nitrogens with zero attached hydrogens (tertiary/aromatic N) is 1. The second kappa shape index (κ2) is 6.47. The molecule has 0 heterocycles. The zero-order valence-electron chi connectivity index (χ0n) is 11.2. The molecule has 0 unspecified atom stereocenters. The molecule has 0 aliphatic carbocycles. The molecule has 0 amide bonds. The highest BCUT2D eigenvalue weighted by Crippen LogP contribution is 2.24. The molecule has 1 aromatic carbocycles.